The van der Waals surface area contributed by atoms with E-state index in [2.05, 4.69) is 29.7 Å². The van der Waals surface area contributed by atoms with E-state index in [1.807, 2.05) is 66.7 Å². The van der Waals surface area contributed by atoms with Gasteiger partial charge >= 0.3 is 12.1 Å². The third-order valence-corrected chi connectivity index (χ3v) is 8.62. The largest absolute Gasteiger partial charge is 0.480 e. The second kappa shape index (κ2) is 12.8. The van der Waals surface area contributed by atoms with Gasteiger partial charge in [0.2, 0.25) is 5.91 Å². The lowest BCUT2D eigenvalue weighted by Crippen LogP contribution is -2.62. The number of amides is 2. The maximum absolute atomic E-state index is 13.7. The van der Waals surface area contributed by atoms with Gasteiger partial charge in [-0.25, -0.2) is 9.59 Å². The van der Waals surface area contributed by atoms with Gasteiger partial charge in [0.25, 0.3) is 0 Å². The molecule has 8 heteroatoms. The van der Waals surface area contributed by atoms with Crippen LogP contribution in [-0.2, 0) is 25.7 Å². The second-order valence-corrected chi connectivity index (χ2v) is 11.5. The molecule has 0 saturated heterocycles. The number of carbonyl (C=O) groups excluding carboxylic acids is 2. The van der Waals surface area contributed by atoms with E-state index in [0.29, 0.717) is 31.6 Å². The number of ether oxygens (including phenoxy) is 2. The van der Waals surface area contributed by atoms with E-state index >= 15 is 0 Å². The monoisotopic (exact) mass is 570 g/mol. The fourth-order valence-electron chi connectivity index (χ4n) is 6.02. The van der Waals surface area contributed by atoms with Crippen LogP contribution in [0, 0.1) is 5.92 Å². The summed E-state index contributed by atoms with van der Waals surface area (Å²) >= 11 is 0. The number of carboxylic acid groups (broad SMARTS) is 1. The van der Waals surface area contributed by atoms with Gasteiger partial charge in [-0.1, -0.05) is 85.8 Å². The standard InChI is InChI=1S/C34H38N2O6/c1-22-16-18-34(19-17-22,32(38)39)36-31(37)30(23(2)41-20-24-10-4-3-5-11-24)35-33(40)42-21-29-27-14-8-6-12-25(27)26-13-7-9-15-28(26)29/h3-15,22-23,29-30H,16-21H2,1-2H3,(H,35,40)(H,36,37)(H,38,39). The van der Waals surface area contributed by atoms with Crippen LogP contribution in [0.3, 0.4) is 0 Å². The van der Waals surface area contributed by atoms with E-state index in [-0.39, 0.29) is 19.1 Å². The summed E-state index contributed by atoms with van der Waals surface area (Å²) in [7, 11) is 0. The van der Waals surface area contributed by atoms with Crippen LogP contribution in [0.2, 0.25) is 0 Å². The number of aliphatic carboxylic acids is 1. The average molecular weight is 571 g/mol. The number of benzene rings is 3. The first-order valence-electron chi connectivity index (χ1n) is 14.6. The Kier molecular flexibility index (Phi) is 8.92. The smallest absolute Gasteiger partial charge is 0.407 e. The zero-order chi connectivity index (χ0) is 29.7. The molecule has 3 N–H and O–H groups in total. The summed E-state index contributed by atoms with van der Waals surface area (Å²) in [5.74, 6) is -1.43. The zero-order valence-electron chi connectivity index (χ0n) is 24.0. The molecule has 0 spiro atoms. The number of hydrogen-bond donors (Lipinski definition) is 3. The summed E-state index contributed by atoms with van der Waals surface area (Å²) in [6.45, 7) is 4.08. The lowest BCUT2D eigenvalue weighted by Gasteiger charge is -2.38. The van der Waals surface area contributed by atoms with Gasteiger partial charge in [-0.05, 0) is 66.3 Å². The van der Waals surface area contributed by atoms with E-state index < -0.39 is 35.7 Å². The molecule has 0 aromatic heterocycles. The van der Waals surface area contributed by atoms with Crippen molar-refractivity contribution in [3.05, 3.63) is 95.6 Å². The quantitative estimate of drug-likeness (QED) is 0.290. The molecule has 0 bridgehead atoms. The third kappa shape index (κ3) is 6.34. The van der Waals surface area contributed by atoms with Crippen LogP contribution < -0.4 is 10.6 Å². The van der Waals surface area contributed by atoms with Crippen LogP contribution in [0.4, 0.5) is 4.79 Å². The highest BCUT2D eigenvalue weighted by Crippen LogP contribution is 2.44. The van der Waals surface area contributed by atoms with Gasteiger partial charge in [0.05, 0.1) is 12.7 Å². The Labute approximate surface area is 246 Å². The van der Waals surface area contributed by atoms with Gasteiger partial charge in [-0.15, -0.1) is 0 Å². The van der Waals surface area contributed by atoms with Crippen molar-refractivity contribution in [2.75, 3.05) is 6.61 Å². The van der Waals surface area contributed by atoms with Crippen molar-refractivity contribution in [2.24, 2.45) is 5.92 Å². The minimum atomic E-state index is -1.39. The second-order valence-electron chi connectivity index (χ2n) is 11.5. The minimum Gasteiger partial charge on any atom is -0.480 e. The van der Waals surface area contributed by atoms with Crippen LogP contribution in [0.5, 0.6) is 0 Å². The molecule has 0 heterocycles. The number of alkyl carbamates (subject to hydrolysis) is 1. The van der Waals surface area contributed by atoms with Crippen molar-refractivity contribution >= 4 is 18.0 Å². The van der Waals surface area contributed by atoms with E-state index in [0.717, 1.165) is 27.8 Å². The Morgan fingerprint density at radius 3 is 2.07 bits per heavy atom. The molecular weight excluding hydrogens is 532 g/mol. The van der Waals surface area contributed by atoms with Crippen LogP contribution in [0.15, 0.2) is 78.9 Å². The number of rotatable bonds is 10. The first kappa shape index (κ1) is 29.3. The number of carbonyl (C=O) groups is 3. The lowest BCUT2D eigenvalue weighted by molar-refractivity contribution is -0.150. The number of fused-ring (bicyclic) bond motifs is 3. The molecule has 0 radical (unpaired) electrons. The highest BCUT2D eigenvalue weighted by Gasteiger charge is 2.44. The van der Waals surface area contributed by atoms with Crippen molar-refractivity contribution in [2.45, 2.75) is 69.7 Å². The fourth-order valence-corrected chi connectivity index (χ4v) is 6.02. The summed E-state index contributed by atoms with van der Waals surface area (Å²) in [6, 6.07) is 24.4. The first-order chi connectivity index (χ1) is 20.3. The van der Waals surface area contributed by atoms with Gasteiger partial charge < -0.3 is 25.2 Å². The molecule has 8 nitrogen and oxygen atoms in total. The van der Waals surface area contributed by atoms with E-state index in [4.69, 9.17) is 9.47 Å². The molecule has 220 valence electrons. The van der Waals surface area contributed by atoms with Gasteiger partial charge in [-0.2, -0.15) is 0 Å². The Bertz CT molecular complexity index is 1370. The van der Waals surface area contributed by atoms with Crippen LogP contribution >= 0.6 is 0 Å². The summed E-state index contributed by atoms with van der Waals surface area (Å²) in [6.07, 6.45) is 0.500. The van der Waals surface area contributed by atoms with Gasteiger partial charge in [0.15, 0.2) is 0 Å². The maximum Gasteiger partial charge on any atom is 0.407 e. The number of carboxylic acids is 1. The molecule has 2 unspecified atom stereocenters. The van der Waals surface area contributed by atoms with Gasteiger partial charge in [0, 0.05) is 5.92 Å². The van der Waals surface area contributed by atoms with Crippen LogP contribution in [-0.4, -0.2) is 47.4 Å². The summed E-state index contributed by atoms with van der Waals surface area (Å²) in [5.41, 5.74) is 3.91. The molecule has 1 saturated carbocycles. The van der Waals surface area contributed by atoms with Crippen LogP contribution in [0.1, 0.15) is 62.1 Å². The summed E-state index contributed by atoms with van der Waals surface area (Å²) in [5, 5.41) is 15.5. The molecule has 3 aromatic rings. The predicted octanol–water partition coefficient (Wildman–Crippen LogP) is 5.65. The molecule has 3 aromatic carbocycles. The van der Waals surface area contributed by atoms with E-state index in [9.17, 15) is 19.5 Å². The number of hydrogen-bond acceptors (Lipinski definition) is 5. The summed E-state index contributed by atoms with van der Waals surface area (Å²) < 4.78 is 11.7. The molecule has 42 heavy (non-hydrogen) atoms. The van der Waals surface area contributed by atoms with E-state index in [1.165, 1.54) is 0 Å². The maximum atomic E-state index is 13.7. The molecule has 5 rings (SSSR count). The molecule has 2 atom stereocenters. The van der Waals surface area contributed by atoms with Crippen molar-refractivity contribution in [3.8, 4) is 11.1 Å². The normalized spacial score (nSPS) is 21.0. The van der Waals surface area contributed by atoms with Gasteiger partial charge in [0.1, 0.15) is 18.2 Å². The zero-order valence-corrected chi connectivity index (χ0v) is 24.0. The Hall–Kier alpha value is -4.17. The number of nitrogens with one attached hydrogen (secondary N) is 2. The SMILES string of the molecule is CC1CCC(NC(=O)C(NC(=O)OCC2c3ccccc3-c3ccccc32)C(C)OCc2ccccc2)(C(=O)O)CC1. The predicted molar refractivity (Wildman–Crippen MR) is 159 cm³/mol. The van der Waals surface area contributed by atoms with Crippen molar-refractivity contribution in [1.29, 1.82) is 0 Å². The topological polar surface area (TPSA) is 114 Å². The fraction of sp³-hybridized carbons (Fsp3) is 0.382. The van der Waals surface area contributed by atoms with Crippen molar-refractivity contribution in [1.82, 2.24) is 10.6 Å². The Balaban J connectivity index is 1.30. The molecule has 1 fully saturated rings. The van der Waals surface area contributed by atoms with Crippen molar-refractivity contribution in [3.63, 3.8) is 0 Å². The highest BCUT2D eigenvalue weighted by atomic mass is 16.5. The molecule has 0 aliphatic heterocycles. The molecular formula is C34H38N2O6. The lowest BCUT2D eigenvalue weighted by atomic mass is 9.77. The van der Waals surface area contributed by atoms with Crippen LogP contribution in [0.25, 0.3) is 11.1 Å². The Morgan fingerprint density at radius 1 is 0.905 bits per heavy atom. The molecule has 2 amide bonds. The van der Waals surface area contributed by atoms with Crippen molar-refractivity contribution < 1.29 is 29.0 Å². The minimum absolute atomic E-state index is 0.0877. The Morgan fingerprint density at radius 2 is 1.48 bits per heavy atom. The highest BCUT2D eigenvalue weighted by molar-refractivity contribution is 5.92. The summed E-state index contributed by atoms with van der Waals surface area (Å²) in [4.78, 5) is 39.2. The average Bonchev–Trinajstić information content (AvgIpc) is 3.32. The molecule has 2 aliphatic rings. The third-order valence-electron chi connectivity index (χ3n) is 8.62. The van der Waals surface area contributed by atoms with Gasteiger partial charge in [-0.3, -0.25) is 4.79 Å². The molecule has 2 aliphatic carbocycles. The van der Waals surface area contributed by atoms with E-state index in [1.54, 1.807) is 6.92 Å². The first-order valence-corrected chi connectivity index (χ1v) is 14.6.